The van der Waals surface area contributed by atoms with E-state index in [2.05, 4.69) is 20.2 Å². The van der Waals surface area contributed by atoms with Gasteiger partial charge in [-0.15, -0.1) is 0 Å². The van der Waals surface area contributed by atoms with Gasteiger partial charge in [-0.2, -0.15) is 5.10 Å². The smallest absolute Gasteiger partial charge is 0.208 e. The molecule has 4 rings (SSSR count). The Balaban J connectivity index is 1.47. The minimum Gasteiger partial charge on any atom is -0.294 e. The first-order chi connectivity index (χ1) is 13.9. The highest BCUT2D eigenvalue weighted by atomic mass is 32.2. The second-order valence-corrected chi connectivity index (χ2v) is 8.61. The Kier molecular flexibility index (Phi) is 4.94. The van der Waals surface area contributed by atoms with Crippen molar-refractivity contribution in [3.05, 3.63) is 77.9 Å². The predicted octanol–water partition coefficient (Wildman–Crippen LogP) is 3.31. The second-order valence-electron chi connectivity index (χ2n) is 6.69. The number of pyridine rings is 2. The van der Waals surface area contributed by atoms with Crippen LogP contribution in [-0.2, 0) is 16.3 Å². The maximum absolute atomic E-state index is 12.8. The van der Waals surface area contributed by atoms with E-state index in [4.69, 9.17) is 0 Å². The molecule has 8 heteroatoms. The van der Waals surface area contributed by atoms with Crippen LogP contribution in [0.5, 0.6) is 0 Å². The van der Waals surface area contributed by atoms with Gasteiger partial charge in [-0.05, 0) is 49.2 Å². The minimum absolute atomic E-state index is 0.0247. The lowest BCUT2D eigenvalue weighted by Crippen LogP contribution is -2.05. The summed E-state index contributed by atoms with van der Waals surface area (Å²) in [4.78, 5) is 21.1. The molecule has 3 aromatic heterocycles. The lowest BCUT2D eigenvalue weighted by Gasteiger charge is -2.08. The molecular weight excluding hydrogens is 388 g/mol. The maximum atomic E-state index is 12.8. The normalized spacial score (nSPS) is 11.6. The molecule has 0 atom stereocenters. The van der Waals surface area contributed by atoms with Crippen molar-refractivity contribution < 1.29 is 13.2 Å². The lowest BCUT2D eigenvalue weighted by atomic mass is 10.0. The van der Waals surface area contributed by atoms with E-state index in [0.29, 0.717) is 29.7 Å². The Hall–Kier alpha value is -3.39. The number of aryl methyl sites for hydroxylation is 2. The van der Waals surface area contributed by atoms with Crippen molar-refractivity contribution >= 4 is 26.7 Å². The van der Waals surface area contributed by atoms with Gasteiger partial charge in [0.15, 0.2) is 11.4 Å². The van der Waals surface area contributed by atoms with E-state index in [-0.39, 0.29) is 15.6 Å². The number of nitrogens with zero attached hydrogens (tertiary/aromatic N) is 3. The molecule has 0 fully saturated rings. The zero-order chi connectivity index (χ0) is 20.4. The van der Waals surface area contributed by atoms with Crippen LogP contribution in [0.4, 0.5) is 0 Å². The summed E-state index contributed by atoms with van der Waals surface area (Å²) < 4.78 is 25.6. The number of aromatic amines is 1. The molecule has 0 saturated heterocycles. The second kappa shape index (κ2) is 7.56. The van der Waals surface area contributed by atoms with Crippen LogP contribution in [0.2, 0.25) is 0 Å². The average molecular weight is 406 g/mol. The number of hydrogen-bond acceptors (Lipinski definition) is 6. The SMILES string of the molecule is Cc1ncccc1S(=O)(=O)c1ccc(CCC(=O)c2cnc3[nH]ncc3c2)cc1. The monoisotopic (exact) mass is 406 g/mol. The van der Waals surface area contributed by atoms with Crippen LogP contribution >= 0.6 is 0 Å². The fraction of sp³-hybridized carbons (Fsp3) is 0.143. The third-order valence-corrected chi connectivity index (χ3v) is 6.64. The van der Waals surface area contributed by atoms with Crippen molar-refractivity contribution in [2.45, 2.75) is 29.6 Å². The highest BCUT2D eigenvalue weighted by Crippen LogP contribution is 2.23. The Morgan fingerprint density at radius 1 is 1.07 bits per heavy atom. The molecule has 0 spiro atoms. The zero-order valence-electron chi connectivity index (χ0n) is 15.7. The predicted molar refractivity (Wildman–Crippen MR) is 107 cm³/mol. The van der Waals surface area contributed by atoms with Crippen molar-refractivity contribution in [1.29, 1.82) is 0 Å². The van der Waals surface area contributed by atoms with Crippen molar-refractivity contribution in [3.8, 4) is 0 Å². The van der Waals surface area contributed by atoms with E-state index in [1.807, 2.05) is 0 Å². The van der Waals surface area contributed by atoms with Gasteiger partial charge in [-0.3, -0.25) is 14.9 Å². The highest BCUT2D eigenvalue weighted by Gasteiger charge is 2.20. The molecule has 146 valence electrons. The van der Waals surface area contributed by atoms with Crippen molar-refractivity contribution in [1.82, 2.24) is 20.2 Å². The summed E-state index contributed by atoms with van der Waals surface area (Å²) in [6, 6.07) is 11.5. The molecule has 7 nitrogen and oxygen atoms in total. The number of Topliss-reactive ketones (excluding diaryl/α,β-unsaturated/α-hetero) is 1. The number of carbonyl (C=O) groups is 1. The molecule has 0 radical (unpaired) electrons. The first-order valence-corrected chi connectivity index (χ1v) is 10.5. The number of rotatable bonds is 6. The maximum Gasteiger partial charge on any atom is 0.208 e. The summed E-state index contributed by atoms with van der Waals surface area (Å²) >= 11 is 0. The third-order valence-electron chi connectivity index (χ3n) is 4.74. The molecule has 1 N–H and O–H groups in total. The Morgan fingerprint density at radius 3 is 2.62 bits per heavy atom. The molecule has 0 aliphatic heterocycles. The number of carbonyl (C=O) groups excluding carboxylic acids is 1. The molecule has 29 heavy (non-hydrogen) atoms. The van der Waals surface area contributed by atoms with Gasteiger partial charge in [0.25, 0.3) is 0 Å². The van der Waals surface area contributed by atoms with Gasteiger partial charge in [0, 0.05) is 29.8 Å². The fourth-order valence-corrected chi connectivity index (χ4v) is 4.55. The molecule has 1 aromatic carbocycles. The summed E-state index contributed by atoms with van der Waals surface area (Å²) in [6.07, 6.45) is 5.54. The van der Waals surface area contributed by atoms with Crippen LogP contribution < -0.4 is 0 Å². The Labute approximate surface area is 167 Å². The van der Waals surface area contributed by atoms with Crippen LogP contribution in [0.25, 0.3) is 11.0 Å². The van der Waals surface area contributed by atoms with Gasteiger partial charge in [-0.25, -0.2) is 13.4 Å². The number of sulfone groups is 1. The van der Waals surface area contributed by atoms with Gasteiger partial charge in [0.05, 0.1) is 21.7 Å². The summed E-state index contributed by atoms with van der Waals surface area (Å²) in [6.45, 7) is 1.67. The number of fused-ring (bicyclic) bond motifs is 1. The first-order valence-electron chi connectivity index (χ1n) is 9.03. The number of ketones is 1. The van der Waals surface area contributed by atoms with Gasteiger partial charge in [-0.1, -0.05) is 12.1 Å². The van der Waals surface area contributed by atoms with Crippen molar-refractivity contribution in [2.24, 2.45) is 0 Å². The molecule has 0 unspecified atom stereocenters. The summed E-state index contributed by atoms with van der Waals surface area (Å²) in [5.41, 5.74) is 2.52. The molecule has 0 saturated carbocycles. The van der Waals surface area contributed by atoms with Crippen LogP contribution in [0.3, 0.4) is 0 Å². The van der Waals surface area contributed by atoms with E-state index in [1.54, 1.807) is 61.8 Å². The first kappa shape index (κ1) is 18.9. The summed E-state index contributed by atoms with van der Waals surface area (Å²) in [7, 11) is -3.62. The third kappa shape index (κ3) is 3.79. The molecule has 4 aromatic rings. The van der Waals surface area contributed by atoms with Gasteiger partial charge < -0.3 is 0 Å². The molecule has 0 amide bonds. The number of hydrogen-bond donors (Lipinski definition) is 1. The summed E-state index contributed by atoms with van der Waals surface area (Å²) in [5, 5.41) is 7.44. The van der Waals surface area contributed by atoms with E-state index in [1.165, 1.54) is 6.20 Å². The minimum atomic E-state index is -3.62. The summed E-state index contributed by atoms with van der Waals surface area (Å²) in [5.74, 6) is -0.0247. The number of benzene rings is 1. The van der Waals surface area contributed by atoms with E-state index < -0.39 is 9.84 Å². The quantitative estimate of drug-likeness (QED) is 0.493. The van der Waals surface area contributed by atoms with Crippen LogP contribution in [-0.4, -0.2) is 34.4 Å². The van der Waals surface area contributed by atoms with E-state index >= 15 is 0 Å². The molecule has 0 aliphatic rings. The fourth-order valence-electron chi connectivity index (χ4n) is 3.11. The van der Waals surface area contributed by atoms with Crippen LogP contribution in [0.15, 0.2) is 70.8 Å². The highest BCUT2D eigenvalue weighted by molar-refractivity contribution is 7.91. The van der Waals surface area contributed by atoms with Gasteiger partial charge in [0.2, 0.25) is 9.84 Å². The largest absolute Gasteiger partial charge is 0.294 e. The van der Waals surface area contributed by atoms with E-state index in [9.17, 15) is 13.2 Å². The lowest BCUT2D eigenvalue weighted by molar-refractivity contribution is 0.0982. The Morgan fingerprint density at radius 2 is 1.86 bits per heavy atom. The van der Waals surface area contributed by atoms with Crippen LogP contribution in [0.1, 0.15) is 28.0 Å². The molecular formula is C21H18N4O3S. The number of aromatic nitrogens is 4. The van der Waals surface area contributed by atoms with Crippen molar-refractivity contribution in [2.75, 3.05) is 0 Å². The molecule has 0 bridgehead atoms. The molecule has 3 heterocycles. The topological polar surface area (TPSA) is 106 Å². The van der Waals surface area contributed by atoms with Crippen LogP contribution in [0, 0.1) is 6.92 Å². The average Bonchev–Trinajstić information content (AvgIpc) is 3.20. The number of H-pyrrole nitrogens is 1. The standard InChI is InChI=1S/C21H18N4O3S/c1-14-20(3-2-10-22-14)29(27,28)18-7-4-15(5-8-18)6-9-19(26)16-11-17-13-24-25-21(17)23-12-16/h2-5,7-8,10-13H,6,9H2,1H3,(H,23,24,25). The Bertz CT molecular complexity index is 1300. The van der Waals surface area contributed by atoms with Gasteiger partial charge in [0.1, 0.15) is 0 Å². The molecule has 0 aliphatic carbocycles. The zero-order valence-corrected chi connectivity index (χ0v) is 16.5. The van der Waals surface area contributed by atoms with Gasteiger partial charge >= 0.3 is 0 Å². The van der Waals surface area contributed by atoms with Crippen molar-refractivity contribution in [3.63, 3.8) is 0 Å². The number of nitrogens with one attached hydrogen (secondary N) is 1. The van der Waals surface area contributed by atoms with E-state index in [0.717, 1.165) is 10.9 Å².